The number of benzene rings is 2. The molecular formula is C30H36N4O8S. The zero-order valence-corrected chi connectivity index (χ0v) is 25.4. The lowest BCUT2D eigenvalue weighted by atomic mass is 10.0. The Kier molecular flexibility index (Phi) is 10.4. The molecular weight excluding hydrogens is 576 g/mol. The minimum atomic E-state index is -4.38. The van der Waals surface area contributed by atoms with Crippen molar-refractivity contribution in [3.63, 3.8) is 0 Å². The van der Waals surface area contributed by atoms with E-state index in [4.69, 9.17) is 20.5 Å². The molecule has 3 rings (SSSR count). The van der Waals surface area contributed by atoms with Gasteiger partial charge in [0.25, 0.3) is 5.91 Å². The second-order valence-corrected chi connectivity index (χ2v) is 13.0. The second-order valence-electron chi connectivity index (χ2n) is 11.1. The molecule has 1 fully saturated rings. The maximum absolute atomic E-state index is 13.1. The Labute approximate surface area is 251 Å². The molecule has 12 nitrogen and oxygen atoms in total. The fraction of sp³-hybridized carbons (Fsp3) is 0.400. The van der Waals surface area contributed by atoms with E-state index in [9.17, 15) is 27.9 Å². The van der Waals surface area contributed by atoms with Crippen molar-refractivity contribution in [2.24, 2.45) is 5.73 Å². The first-order valence-electron chi connectivity index (χ1n) is 13.6. The van der Waals surface area contributed by atoms with Gasteiger partial charge in [-0.3, -0.25) is 13.9 Å². The lowest BCUT2D eigenvalue weighted by Crippen LogP contribution is -2.44. The first-order chi connectivity index (χ1) is 20.1. The zero-order valence-electron chi connectivity index (χ0n) is 24.6. The predicted molar refractivity (Wildman–Crippen MR) is 160 cm³/mol. The normalized spacial score (nSPS) is 14.3. The van der Waals surface area contributed by atoms with Crippen molar-refractivity contribution in [1.29, 1.82) is 5.26 Å². The number of ether oxygens (including phenoxy) is 2. The number of anilines is 1. The molecule has 1 heterocycles. The van der Waals surface area contributed by atoms with Gasteiger partial charge >= 0.3 is 12.1 Å². The lowest BCUT2D eigenvalue weighted by Gasteiger charge is -2.34. The van der Waals surface area contributed by atoms with E-state index >= 15 is 0 Å². The van der Waals surface area contributed by atoms with Gasteiger partial charge in [-0.1, -0.05) is 24.3 Å². The van der Waals surface area contributed by atoms with E-state index in [1.807, 2.05) is 6.07 Å². The lowest BCUT2D eigenvalue weighted by molar-refractivity contribution is -0.134. The Morgan fingerprint density at radius 3 is 2.44 bits per heavy atom. The van der Waals surface area contributed by atoms with E-state index in [1.165, 1.54) is 18.2 Å². The number of piperidine rings is 1. The third-order valence-electron chi connectivity index (χ3n) is 6.43. The number of carbonyl (C=O) groups excluding carboxylic acids is 2. The SMILES string of the molecule is Cc1cc(N(CC=Cc2cccc(C#N)c2)S(=O)(=O)CC(=O)O)cc(C(N)=O)c1OC1CCN(C(=O)OC(C)(C)C)CC1. The van der Waals surface area contributed by atoms with Crippen LogP contribution < -0.4 is 14.8 Å². The Bertz CT molecular complexity index is 1550. The van der Waals surface area contributed by atoms with Gasteiger partial charge in [-0.05, 0) is 63.1 Å². The molecule has 2 aromatic rings. The van der Waals surface area contributed by atoms with Gasteiger partial charge < -0.3 is 25.2 Å². The molecule has 13 heteroatoms. The number of nitrogens with zero attached hydrogens (tertiary/aromatic N) is 3. The van der Waals surface area contributed by atoms with Crippen molar-refractivity contribution >= 4 is 39.8 Å². The van der Waals surface area contributed by atoms with Gasteiger partial charge in [0.2, 0.25) is 10.0 Å². The summed E-state index contributed by atoms with van der Waals surface area (Å²) in [6.45, 7) is 7.51. The van der Waals surface area contributed by atoms with E-state index in [1.54, 1.807) is 62.9 Å². The van der Waals surface area contributed by atoms with Gasteiger partial charge in [-0.25, -0.2) is 13.2 Å². The Hall–Kier alpha value is -4.57. The summed E-state index contributed by atoms with van der Waals surface area (Å²) in [4.78, 5) is 37.9. The van der Waals surface area contributed by atoms with Crippen LogP contribution in [-0.4, -0.2) is 73.5 Å². The summed E-state index contributed by atoms with van der Waals surface area (Å²) in [5, 5.41) is 18.4. The van der Waals surface area contributed by atoms with Gasteiger partial charge in [-0.2, -0.15) is 5.26 Å². The predicted octanol–water partition coefficient (Wildman–Crippen LogP) is 3.68. The van der Waals surface area contributed by atoms with Crippen LogP contribution in [0.1, 0.15) is 60.7 Å². The van der Waals surface area contributed by atoms with Crippen molar-refractivity contribution in [3.05, 3.63) is 64.7 Å². The van der Waals surface area contributed by atoms with Crippen LogP contribution in [0.3, 0.4) is 0 Å². The zero-order chi connectivity index (χ0) is 31.9. The minimum absolute atomic E-state index is 0.0371. The number of nitrogens with two attached hydrogens (primary N) is 1. The number of primary amides is 1. The molecule has 0 unspecified atom stereocenters. The third-order valence-corrected chi connectivity index (χ3v) is 8.07. The molecule has 0 aliphatic carbocycles. The number of likely N-dealkylation sites (tertiary alicyclic amines) is 1. The highest BCUT2D eigenvalue weighted by molar-refractivity contribution is 7.93. The fourth-order valence-corrected chi connectivity index (χ4v) is 5.71. The summed E-state index contributed by atoms with van der Waals surface area (Å²) in [6.07, 6.45) is 3.29. The van der Waals surface area contributed by atoms with E-state index in [0.29, 0.717) is 42.6 Å². The molecule has 1 aliphatic heterocycles. The van der Waals surface area contributed by atoms with Gasteiger partial charge in [0.15, 0.2) is 5.75 Å². The molecule has 0 saturated carbocycles. The number of nitriles is 1. The number of carboxylic acids is 1. The molecule has 2 amide bonds. The molecule has 0 bridgehead atoms. The molecule has 3 N–H and O–H groups in total. The van der Waals surface area contributed by atoms with Gasteiger partial charge in [-0.15, -0.1) is 0 Å². The summed E-state index contributed by atoms with van der Waals surface area (Å²) < 4.78 is 38.7. The number of carbonyl (C=O) groups is 3. The quantitative estimate of drug-likeness (QED) is 0.405. The van der Waals surface area contributed by atoms with Crippen LogP contribution in [0.4, 0.5) is 10.5 Å². The van der Waals surface area contributed by atoms with Crippen LogP contribution in [0.15, 0.2) is 42.5 Å². The van der Waals surface area contributed by atoms with E-state index < -0.39 is 39.3 Å². The number of hydrogen-bond acceptors (Lipinski definition) is 8. The summed E-state index contributed by atoms with van der Waals surface area (Å²) in [5.41, 5.74) is 6.52. The maximum Gasteiger partial charge on any atom is 0.410 e. The number of rotatable bonds is 10. The number of carboxylic acid groups (broad SMARTS) is 1. The Balaban J connectivity index is 1.88. The molecule has 0 atom stereocenters. The highest BCUT2D eigenvalue weighted by atomic mass is 32.2. The molecule has 0 aromatic heterocycles. The van der Waals surface area contributed by atoms with Crippen molar-refractivity contribution < 1.29 is 37.4 Å². The fourth-order valence-electron chi connectivity index (χ4n) is 4.50. The molecule has 1 aliphatic rings. The Morgan fingerprint density at radius 1 is 1.19 bits per heavy atom. The monoisotopic (exact) mass is 612 g/mol. The first kappa shape index (κ1) is 32.9. The van der Waals surface area contributed by atoms with Crippen molar-refractivity contribution in [1.82, 2.24) is 4.90 Å². The average Bonchev–Trinajstić information content (AvgIpc) is 2.90. The van der Waals surface area contributed by atoms with Crippen LogP contribution in [0.5, 0.6) is 5.75 Å². The molecule has 230 valence electrons. The highest BCUT2D eigenvalue weighted by Gasteiger charge is 2.30. The standard InChI is InChI=1S/C30H36N4O8S/c1-20-15-23(34(43(39,40)19-26(35)36)12-6-9-21-7-5-8-22(16-21)18-31)17-25(28(32)37)27(20)41-24-10-13-33(14-11-24)29(38)42-30(2,3)4/h5-9,15-17,24H,10-14,19H2,1-4H3,(H2,32,37)(H,35,36). The van der Waals surface area contributed by atoms with Crippen molar-refractivity contribution in [2.75, 3.05) is 29.7 Å². The largest absolute Gasteiger partial charge is 0.489 e. The highest BCUT2D eigenvalue weighted by Crippen LogP contribution is 2.33. The number of sulfonamides is 1. The number of aryl methyl sites for hydroxylation is 1. The van der Waals surface area contributed by atoms with E-state index in [2.05, 4.69) is 0 Å². The topological polar surface area (TPSA) is 180 Å². The molecule has 2 aromatic carbocycles. The summed E-state index contributed by atoms with van der Waals surface area (Å²) in [7, 11) is -4.38. The molecule has 1 saturated heterocycles. The van der Waals surface area contributed by atoms with E-state index in [0.717, 1.165) is 4.31 Å². The average molecular weight is 613 g/mol. The van der Waals surface area contributed by atoms with Gasteiger partial charge in [0, 0.05) is 25.9 Å². The molecule has 43 heavy (non-hydrogen) atoms. The smallest absolute Gasteiger partial charge is 0.410 e. The molecule has 0 spiro atoms. The minimum Gasteiger partial charge on any atom is -0.489 e. The number of amides is 2. The van der Waals surface area contributed by atoms with Crippen LogP contribution in [0, 0.1) is 18.3 Å². The van der Waals surface area contributed by atoms with Crippen LogP contribution in [0.25, 0.3) is 6.08 Å². The van der Waals surface area contributed by atoms with Crippen LogP contribution in [-0.2, 0) is 19.6 Å². The summed E-state index contributed by atoms with van der Waals surface area (Å²) in [5.74, 6) is -3.39. The van der Waals surface area contributed by atoms with E-state index in [-0.39, 0.29) is 29.6 Å². The summed E-state index contributed by atoms with van der Waals surface area (Å²) in [6, 6.07) is 11.4. The van der Waals surface area contributed by atoms with Gasteiger partial charge in [0.1, 0.15) is 17.5 Å². The maximum atomic E-state index is 13.1. The van der Waals surface area contributed by atoms with Crippen LogP contribution in [0.2, 0.25) is 0 Å². The van der Waals surface area contributed by atoms with Crippen molar-refractivity contribution in [3.8, 4) is 11.8 Å². The second kappa shape index (κ2) is 13.6. The summed E-state index contributed by atoms with van der Waals surface area (Å²) >= 11 is 0. The van der Waals surface area contributed by atoms with Gasteiger partial charge in [0.05, 0.1) is 29.4 Å². The van der Waals surface area contributed by atoms with Crippen molar-refractivity contribution in [2.45, 2.75) is 52.2 Å². The number of aliphatic carboxylic acids is 1. The third kappa shape index (κ3) is 9.21. The first-order valence-corrected chi connectivity index (χ1v) is 15.2. The number of hydrogen-bond donors (Lipinski definition) is 2. The molecule has 0 radical (unpaired) electrons. The Morgan fingerprint density at radius 2 is 1.86 bits per heavy atom. The van der Waals surface area contributed by atoms with Crippen LogP contribution >= 0.6 is 0 Å².